The number of hydrogen-bond donors (Lipinski definition) is 0. The molecule has 8 aromatic rings. The first kappa shape index (κ1) is 36.6. The zero-order valence-electron chi connectivity index (χ0n) is 34.6. The van der Waals surface area contributed by atoms with Gasteiger partial charge >= 0.3 is 0 Å². The first-order chi connectivity index (χ1) is 28.7. The van der Waals surface area contributed by atoms with E-state index in [-0.39, 0.29) is 12.1 Å². The Morgan fingerprint density at radius 2 is 1.32 bits per heavy atom. The fourth-order valence-corrected chi connectivity index (χ4v) is 9.53. The molecule has 0 amide bonds. The van der Waals surface area contributed by atoms with E-state index in [0.29, 0.717) is 0 Å². The molecule has 4 nitrogen and oxygen atoms in total. The van der Waals surface area contributed by atoms with Crippen LogP contribution in [0.5, 0.6) is 23.0 Å². The maximum Gasteiger partial charge on any atom is 0.261 e. The number of aryl methyl sites for hydroxylation is 2. The number of ether oxygens (including phenoxy) is 2. The summed E-state index contributed by atoms with van der Waals surface area (Å²) in [5.74, 6) is 3.50. The lowest BCUT2D eigenvalue weighted by Crippen LogP contribution is -2.59. The Bertz CT molecular complexity index is 2950. The standard InChI is InChI=1S/C54H47BN2O2/c1-8-9-20-36(4)54(5,6)42-29-30-44-49(41-25-13-14-26-43(41)57(44)39-22-11-10-12-23-39)53(42)56(7)40-24-17-21-37(31-40)38-32-47-52-48(33-38)59-46-28-16-19-35(3)51(46)55(52)50-34(2)18-15-27-45(50)58-47/h9-33H,4,8H2,1-3,5-7H3/b20-9-. The number of anilines is 2. The molecule has 0 atom stereocenters. The lowest BCUT2D eigenvalue weighted by Gasteiger charge is -2.35. The van der Waals surface area contributed by atoms with Gasteiger partial charge in [0, 0.05) is 40.1 Å². The molecule has 5 heteroatoms. The van der Waals surface area contributed by atoms with Crippen molar-refractivity contribution in [3.05, 3.63) is 181 Å². The van der Waals surface area contributed by atoms with Gasteiger partial charge in [-0.3, -0.25) is 0 Å². The van der Waals surface area contributed by atoms with Crippen molar-refractivity contribution < 1.29 is 9.47 Å². The molecule has 0 spiro atoms. The number of nitrogens with zero attached hydrogens (tertiary/aromatic N) is 2. The molecule has 0 unspecified atom stereocenters. The Morgan fingerprint density at radius 3 is 2.00 bits per heavy atom. The quantitative estimate of drug-likeness (QED) is 0.114. The molecule has 0 aliphatic carbocycles. The first-order valence-electron chi connectivity index (χ1n) is 20.7. The van der Waals surface area contributed by atoms with Crippen LogP contribution in [0.25, 0.3) is 38.6 Å². The maximum atomic E-state index is 6.79. The van der Waals surface area contributed by atoms with E-state index in [1.54, 1.807) is 0 Å². The van der Waals surface area contributed by atoms with Crippen LogP contribution in [0, 0.1) is 13.8 Å². The fourth-order valence-electron chi connectivity index (χ4n) is 9.53. The van der Waals surface area contributed by atoms with E-state index in [1.807, 2.05) is 0 Å². The average Bonchev–Trinajstić information content (AvgIpc) is 3.59. The van der Waals surface area contributed by atoms with E-state index in [1.165, 1.54) is 43.9 Å². The van der Waals surface area contributed by atoms with Gasteiger partial charge in [0.05, 0.1) is 16.7 Å². The van der Waals surface area contributed by atoms with Gasteiger partial charge in [0.1, 0.15) is 23.0 Å². The van der Waals surface area contributed by atoms with Crippen molar-refractivity contribution in [3.8, 4) is 39.8 Å². The summed E-state index contributed by atoms with van der Waals surface area (Å²) in [7, 11) is 2.21. The second kappa shape index (κ2) is 14.0. The molecule has 0 bridgehead atoms. The van der Waals surface area contributed by atoms with Crippen molar-refractivity contribution >= 4 is 56.3 Å². The molecule has 0 N–H and O–H groups in total. The highest BCUT2D eigenvalue weighted by atomic mass is 16.5. The molecule has 0 saturated carbocycles. The van der Waals surface area contributed by atoms with Gasteiger partial charge in [-0.1, -0.05) is 129 Å². The second-order valence-electron chi connectivity index (χ2n) is 16.6. The number of benzene rings is 7. The zero-order chi connectivity index (χ0) is 40.6. The van der Waals surface area contributed by atoms with E-state index in [9.17, 15) is 0 Å². The van der Waals surface area contributed by atoms with Crippen molar-refractivity contribution in [2.45, 2.75) is 46.5 Å². The highest BCUT2D eigenvalue weighted by Crippen LogP contribution is 2.48. The highest BCUT2D eigenvalue weighted by molar-refractivity contribution is 6.98. The Balaban J connectivity index is 1.16. The topological polar surface area (TPSA) is 26.6 Å². The molecule has 0 radical (unpaired) electrons. The van der Waals surface area contributed by atoms with Crippen LogP contribution < -0.4 is 30.8 Å². The van der Waals surface area contributed by atoms with Gasteiger partial charge in [-0.15, -0.1) is 0 Å². The predicted octanol–water partition coefficient (Wildman–Crippen LogP) is 12.4. The molecule has 1 aromatic heterocycles. The molecule has 2 aliphatic heterocycles. The van der Waals surface area contributed by atoms with Crippen LogP contribution in [0.15, 0.2) is 164 Å². The maximum absolute atomic E-state index is 6.79. The van der Waals surface area contributed by atoms with Gasteiger partial charge in [0.15, 0.2) is 0 Å². The van der Waals surface area contributed by atoms with Crippen LogP contribution in [-0.2, 0) is 5.41 Å². The number of hydrogen-bond acceptors (Lipinski definition) is 3. The van der Waals surface area contributed by atoms with Crippen LogP contribution in [0.4, 0.5) is 11.4 Å². The summed E-state index contributed by atoms with van der Waals surface area (Å²) < 4.78 is 16.0. The average molecular weight is 767 g/mol. The molecule has 0 saturated heterocycles. The lowest BCUT2D eigenvalue weighted by atomic mass is 9.33. The summed E-state index contributed by atoms with van der Waals surface area (Å²) in [5.41, 5.74) is 15.7. The summed E-state index contributed by atoms with van der Waals surface area (Å²) in [6.45, 7) is 15.8. The van der Waals surface area contributed by atoms with E-state index in [4.69, 9.17) is 9.47 Å². The van der Waals surface area contributed by atoms with Gasteiger partial charge < -0.3 is 18.9 Å². The molecule has 3 heterocycles. The van der Waals surface area contributed by atoms with E-state index in [2.05, 4.69) is 209 Å². The Labute approximate surface area is 347 Å². The number of allylic oxidation sites excluding steroid dienone is 3. The molecule has 2 aliphatic rings. The van der Waals surface area contributed by atoms with E-state index in [0.717, 1.165) is 74.2 Å². The minimum absolute atomic E-state index is 0.0311. The van der Waals surface area contributed by atoms with E-state index >= 15 is 0 Å². The third-order valence-electron chi connectivity index (χ3n) is 12.7. The first-order valence-corrected chi connectivity index (χ1v) is 20.7. The summed E-state index contributed by atoms with van der Waals surface area (Å²) in [4.78, 5) is 2.38. The van der Waals surface area contributed by atoms with Gasteiger partial charge in [-0.2, -0.15) is 0 Å². The summed E-state index contributed by atoms with van der Waals surface area (Å²) in [6, 6.07) is 50.1. The Kier molecular flexibility index (Phi) is 8.68. The SMILES string of the molecule is C=C(/C=C\CC)C(C)(C)c1ccc2c(c1N(C)c1cccc(-c3cc4c5c(c3)Oc3cccc(C)c3B5c3c(C)cccc3O4)c1)c1ccccc1n2-c1ccccc1. The smallest absolute Gasteiger partial charge is 0.261 e. The molecule has 59 heavy (non-hydrogen) atoms. The second-order valence-corrected chi connectivity index (χ2v) is 16.6. The predicted molar refractivity (Wildman–Crippen MR) is 249 cm³/mol. The van der Waals surface area contributed by atoms with Crippen LogP contribution in [0.2, 0.25) is 0 Å². The largest absolute Gasteiger partial charge is 0.458 e. The van der Waals surface area contributed by atoms with Crippen LogP contribution in [0.3, 0.4) is 0 Å². The third-order valence-corrected chi connectivity index (χ3v) is 12.7. The number of fused-ring (bicyclic) bond motifs is 7. The zero-order valence-corrected chi connectivity index (χ0v) is 34.6. The van der Waals surface area contributed by atoms with Gasteiger partial charge in [-0.05, 0) is 114 Å². The summed E-state index contributed by atoms with van der Waals surface area (Å²) >= 11 is 0. The molecule has 0 fully saturated rings. The number of aromatic nitrogens is 1. The summed E-state index contributed by atoms with van der Waals surface area (Å²) in [5, 5.41) is 2.42. The van der Waals surface area contributed by atoms with Gasteiger partial charge in [0.25, 0.3) is 6.71 Å². The van der Waals surface area contributed by atoms with Crippen LogP contribution >= 0.6 is 0 Å². The van der Waals surface area contributed by atoms with E-state index < -0.39 is 0 Å². The van der Waals surface area contributed by atoms with Gasteiger partial charge in [0.2, 0.25) is 0 Å². The number of rotatable bonds is 8. The highest BCUT2D eigenvalue weighted by Gasteiger charge is 2.42. The lowest BCUT2D eigenvalue weighted by molar-refractivity contribution is 0.464. The van der Waals surface area contributed by atoms with Crippen LogP contribution in [0.1, 0.15) is 43.9 Å². The van der Waals surface area contributed by atoms with Crippen molar-refractivity contribution in [2.75, 3.05) is 11.9 Å². The molecule has 7 aromatic carbocycles. The third kappa shape index (κ3) is 5.74. The number of para-hydroxylation sites is 2. The Hall–Kier alpha value is -6.72. The van der Waals surface area contributed by atoms with Gasteiger partial charge in [-0.25, -0.2) is 0 Å². The fraction of sp³-hybridized carbons (Fsp3) is 0.148. The normalized spacial score (nSPS) is 12.9. The minimum atomic E-state index is -0.368. The monoisotopic (exact) mass is 766 g/mol. The summed E-state index contributed by atoms with van der Waals surface area (Å²) in [6.07, 6.45) is 5.36. The molecular weight excluding hydrogens is 719 g/mol. The minimum Gasteiger partial charge on any atom is -0.458 e. The molecule has 10 rings (SSSR count). The Morgan fingerprint density at radius 1 is 0.678 bits per heavy atom. The van der Waals surface area contributed by atoms with Crippen molar-refractivity contribution in [1.29, 1.82) is 0 Å². The molecular formula is C54H47BN2O2. The van der Waals surface area contributed by atoms with Crippen molar-refractivity contribution in [1.82, 2.24) is 4.57 Å². The van der Waals surface area contributed by atoms with Crippen LogP contribution in [-0.4, -0.2) is 18.3 Å². The molecule has 288 valence electrons. The van der Waals surface area contributed by atoms with Crippen molar-refractivity contribution in [2.24, 2.45) is 0 Å². The van der Waals surface area contributed by atoms with Crippen molar-refractivity contribution in [3.63, 3.8) is 0 Å².